The van der Waals surface area contributed by atoms with Crippen LogP contribution in [0.15, 0.2) is 24.8 Å². The van der Waals surface area contributed by atoms with E-state index in [4.69, 9.17) is 14.9 Å². The van der Waals surface area contributed by atoms with Crippen LogP contribution < -0.4 is 0 Å². The summed E-state index contributed by atoms with van der Waals surface area (Å²) in [7, 11) is 0. The van der Waals surface area contributed by atoms with Crippen LogP contribution in [-0.2, 0) is 16.1 Å². The number of hydrogen-bond donors (Lipinski definition) is 2. The Bertz CT molecular complexity index is 558. The number of carbonyl (C=O) groups is 3. The maximum atomic E-state index is 11.2. The molecule has 0 saturated heterocycles. The second-order valence-electron chi connectivity index (χ2n) is 3.71. The lowest BCUT2D eigenvalue weighted by Gasteiger charge is -2.12. The Kier molecular flexibility index (Phi) is 4.41. The van der Waals surface area contributed by atoms with Crippen LogP contribution in [0.1, 0.15) is 31.8 Å². The van der Waals surface area contributed by atoms with E-state index < -0.39 is 17.9 Å². The predicted octanol–water partition coefficient (Wildman–Crippen LogP) is 1.62. The lowest BCUT2D eigenvalue weighted by molar-refractivity contribution is -0.139. The zero-order valence-corrected chi connectivity index (χ0v) is 10.2. The summed E-state index contributed by atoms with van der Waals surface area (Å²) in [6, 6.07) is 2.67. The number of carboxylic acids is 2. The second-order valence-corrected chi connectivity index (χ2v) is 3.71. The second kappa shape index (κ2) is 5.81. The highest BCUT2D eigenvalue weighted by Gasteiger charge is 2.22. The van der Waals surface area contributed by atoms with E-state index in [0.717, 1.165) is 6.08 Å². The standard InChI is InChI=1S/C13H12O6/c1-3-10(14)19-6-9-7(2)4-5-8(12(15)16)11(9)13(17)18/h3-5H,1,6H2,2H3,(H,15,16)(H,17,18). The van der Waals surface area contributed by atoms with Gasteiger partial charge in [0.15, 0.2) is 0 Å². The molecule has 2 N–H and O–H groups in total. The molecule has 0 spiro atoms. The number of ether oxygens (including phenoxy) is 1. The highest BCUT2D eigenvalue weighted by Crippen LogP contribution is 2.20. The summed E-state index contributed by atoms with van der Waals surface area (Å²) in [5, 5.41) is 18.1. The van der Waals surface area contributed by atoms with Gasteiger partial charge in [-0.3, -0.25) is 0 Å². The van der Waals surface area contributed by atoms with Gasteiger partial charge in [0.2, 0.25) is 0 Å². The van der Waals surface area contributed by atoms with Crippen molar-refractivity contribution in [2.45, 2.75) is 13.5 Å². The van der Waals surface area contributed by atoms with E-state index in [0.29, 0.717) is 5.56 Å². The first-order valence-electron chi connectivity index (χ1n) is 5.26. The first kappa shape index (κ1) is 14.4. The van der Waals surface area contributed by atoms with Gasteiger partial charge in [-0.2, -0.15) is 0 Å². The highest BCUT2D eigenvalue weighted by molar-refractivity contribution is 6.03. The Morgan fingerprint density at radius 3 is 2.37 bits per heavy atom. The fourth-order valence-electron chi connectivity index (χ4n) is 1.56. The maximum Gasteiger partial charge on any atom is 0.336 e. The molecule has 0 aromatic heterocycles. The molecule has 6 nitrogen and oxygen atoms in total. The summed E-state index contributed by atoms with van der Waals surface area (Å²) in [5.74, 6) is -3.45. The van der Waals surface area contributed by atoms with Gasteiger partial charge in [-0.1, -0.05) is 12.6 Å². The summed E-state index contributed by atoms with van der Waals surface area (Å²) in [6.07, 6.45) is 0.941. The van der Waals surface area contributed by atoms with Gasteiger partial charge in [-0.15, -0.1) is 0 Å². The van der Waals surface area contributed by atoms with Gasteiger partial charge in [0, 0.05) is 11.6 Å². The van der Waals surface area contributed by atoms with Crippen molar-refractivity contribution in [2.75, 3.05) is 0 Å². The van der Waals surface area contributed by atoms with Crippen LogP contribution in [0.3, 0.4) is 0 Å². The quantitative estimate of drug-likeness (QED) is 0.619. The highest BCUT2D eigenvalue weighted by atomic mass is 16.5. The molecule has 0 fully saturated rings. The molecule has 19 heavy (non-hydrogen) atoms. The molecular weight excluding hydrogens is 252 g/mol. The predicted molar refractivity (Wildman–Crippen MR) is 65.1 cm³/mol. The van der Waals surface area contributed by atoms with Crippen LogP contribution >= 0.6 is 0 Å². The Labute approximate surface area is 108 Å². The van der Waals surface area contributed by atoms with Crippen LogP contribution in [0.5, 0.6) is 0 Å². The van der Waals surface area contributed by atoms with Crippen molar-refractivity contribution in [2.24, 2.45) is 0 Å². The van der Waals surface area contributed by atoms with Gasteiger partial charge in [0.25, 0.3) is 0 Å². The van der Waals surface area contributed by atoms with Gasteiger partial charge >= 0.3 is 17.9 Å². The monoisotopic (exact) mass is 264 g/mol. The van der Waals surface area contributed by atoms with Crippen LogP contribution in [0.25, 0.3) is 0 Å². The molecule has 0 atom stereocenters. The molecule has 0 radical (unpaired) electrons. The summed E-state index contributed by atoms with van der Waals surface area (Å²) in [5.41, 5.74) is -0.0334. The van der Waals surface area contributed by atoms with E-state index in [9.17, 15) is 14.4 Å². The number of aromatic carboxylic acids is 2. The van der Waals surface area contributed by atoms with E-state index in [1.807, 2.05) is 0 Å². The number of benzene rings is 1. The average molecular weight is 264 g/mol. The van der Waals surface area contributed by atoms with Crippen molar-refractivity contribution in [1.82, 2.24) is 0 Å². The Morgan fingerprint density at radius 2 is 1.89 bits per heavy atom. The van der Waals surface area contributed by atoms with Gasteiger partial charge in [0.1, 0.15) is 6.61 Å². The van der Waals surface area contributed by atoms with Crippen molar-refractivity contribution in [1.29, 1.82) is 0 Å². The lowest BCUT2D eigenvalue weighted by Crippen LogP contribution is -2.14. The van der Waals surface area contributed by atoms with Crippen molar-refractivity contribution >= 4 is 17.9 Å². The Balaban J connectivity index is 3.31. The Morgan fingerprint density at radius 1 is 1.26 bits per heavy atom. The van der Waals surface area contributed by atoms with Crippen molar-refractivity contribution in [3.63, 3.8) is 0 Å². The molecule has 0 amide bonds. The average Bonchev–Trinajstić information content (AvgIpc) is 2.35. The van der Waals surface area contributed by atoms with Gasteiger partial charge in [-0.05, 0) is 18.6 Å². The topological polar surface area (TPSA) is 101 Å². The molecule has 0 heterocycles. The first-order chi connectivity index (χ1) is 8.88. The summed E-state index contributed by atoms with van der Waals surface area (Å²) in [4.78, 5) is 33.2. The number of aryl methyl sites for hydroxylation is 1. The third-order valence-electron chi connectivity index (χ3n) is 2.52. The number of carboxylic acid groups (broad SMARTS) is 2. The number of esters is 1. The molecule has 0 aliphatic rings. The van der Waals surface area contributed by atoms with Crippen molar-refractivity contribution in [3.05, 3.63) is 47.0 Å². The zero-order chi connectivity index (χ0) is 14.6. The Hall–Kier alpha value is -2.63. The van der Waals surface area contributed by atoms with E-state index >= 15 is 0 Å². The normalized spacial score (nSPS) is 9.74. The molecule has 0 bridgehead atoms. The minimum atomic E-state index is -1.38. The van der Waals surface area contributed by atoms with E-state index in [1.165, 1.54) is 12.1 Å². The number of carbonyl (C=O) groups excluding carboxylic acids is 1. The summed E-state index contributed by atoms with van der Waals surface area (Å²) >= 11 is 0. The van der Waals surface area contributed by atoms with Gasteiger partial charge < -0.3 is 14.9 Å². The van der Waals surface area contributed by atoms with Crippen LogP contribution in [0.2, 0.25) is 0 Å². The molecule has 1 rings (SSSR count). The molecule has 1 aromatic rings. The maximum absolute atomic E-state index is 11.2. The third kappa shape index (κ3) is 3.19. The fraction of sp³-hybridized carbons (Fsp3) is 0.154. The minimum absolute atomic E-state index is 0.155. The van der Waals surface area contributed by atoms with Crippen LogP contribution in [0.4, 0.5) is 0 Å². The lowest BCUT2D eigenvalue weighted by atomic mass is 9.97. The smallest absolute Gasteiger partial charge is 0.336 e. The van der Waals surface area contributed by atoms with Crippen LogP contribution in [-0.4, -0.2) is 28.1 Å². The number of hydrogen-bond acceptors (Lipinski definition) is 4. The van der Waals surface area contributed by atoms with E-state index in [2.05, 4.69) is 6.58 Å². The SMILES string of the molecule is C=CC(=O)OCc1c(C)ccc(C(=O)O)c1C(=O)O. The minimum Gasteiger partial charge on any atom is -0.478 e. The molecule has 0 unspecified atom stereocenters. The third-order valence-corrected chi connectivity index (χ3v) is 2.52. The molecule has 6 heteroatoms. The molecule has 1 aromatic carbocycles. The number of rotatable bonds is 5. The first-order valence-corrected chi connectivity index (χ1v) is 5.26. The van der Waals surface area contributed by atoms with Crippen LogP contribution in [0, 0.1) is 6.92 Å². The summed E-state index contributed by atoms with van der Waals surface area (Å²) < 4.78 is 4.77. The molecule has 0 saturated carbocycles. The van der Waals surface area contributed by atoms with Crippen molar-refractivity contribution in [3.8, 4) is 0 Å². The molecule has 0 aliphatic heterocycles. The van der Waals surface area contributed by atoms with E-state index in [-0.39, 0.29) is 23.3 Å². The van der Waals surface area contributed by atoms with Crippen molar-refractivity contribution < 1.29 is 29.3 Å². The molecule has 0 aliphatic carbocycles. The van der Waals surface area contributed by atoms with E-state index in [1.54, 1.807) is 6.92 Å². The molecule has 100 valence electrons. The zero-order valence-electron chi connectivity index (χ0n) is 10.2. The molecular formula is C13H12O6. The van der Waals surface area contributed by atoms with Gasteiger partial charge in [-0.25, -0.2) is 14.4 Å². The largest absolute Gasteiger partial charge is 0.478 e. The van der Waals surface area contributed by atoms with Gasteiger partial charge in [0.05, 0.1) is 11.1 Å². The summed E-state index contributed by atoms with van der Waals surface area (Å²) in [6.45, 7) is 4.50. The fourth-order valence-corrected chi connectivity index (χ4v) is 1.56.